The van der Waals surface area contributed by atoms with E-state index >= 15 is 0 Å². The molecule has 1 atom stereocenters. The van der Waals surface area contributed by atoms with Crippen molar-refractivity contribution in [1.82, 2.24) is 0 Å². The van der Waals surface area contributed by atoms with Crippen LogP contribution in [-0.4, -0.2) is 45.5 Å². The molecule has 0 aliphatic carbocycles. The Balaban J connectivity index is 0.000000388. The summed E-state index contributed by atoms with van der Waals surface area (Å²) in [6.07, 6.45) is 0.208. The second-order valence-electron chi connectivity index (χ2n) is 12.2. The van der Waals surface area contributed by atoms with Crippen molar-refractivity contribution in [3.05, 3.63) is 284 Å². The first-order valence-corrected chi connectivity index (χ1v) is 20.4. The Hall–Kier alpha value is -4.57. The summed E-state index contributed by atoms with van der Waals surface area (Å²) in [5.41, 5.74) is 4.21. The van der Waals surface area contributed by atoms with Gasteiger partial charge >= 0.3 is 23.1 Å². The SMILES string of the molecule is O=C(Cl)c1ccc(Cl)cc1.O=C(c1ccccc1)c1ccc(Cl)cc1.O=Cc1ccc(Cl)cc1.OC(c1ccccc1)c1ccc(Cl)cc1.[Br-].[Mg+2].[c-]1ccccc1.c1ccccc1. The minimum atomic E-state index is -0.580. The van der Waals surface area contributed by atoms with Crippen molar-refractivity contribution in [1.29, 1.82) is 0 Å². The summed E-state index contributed by atoms with van der Waals surface area (Å²) in [4.78, 5) is 32.5. The van der Waals surface area contributed by atoms with Gasteiger partial charge in [-0.25, -0.2) is 0 Å². The van der Waals surface area contributed by atoms with E-state index in [2.05, 4.69) is 6.07 Å². The molecule has 8 aromatic rings. The molecule has 0 bridgehead atoms. The zero-order valence-electron chi connectivity index (χ0n) is 33.7. The fraction of sp³-hybridized carbons (Fsp3) is 0.0192. The molecule has 0 amide bonds. The van der Waals surface area contributed by atoms with Gasteiger partial charge in [0.2, 0.25) is 0 Å². The number of hydrogen-bond donors (Lipinski definition) is 1. The van der Waals surface area contributed by atoms with Crippen LogP contribution < -0.4 is 17.0 Å². The largest absolute Gasteiger partial charge is 2.00 e. The zero-order chi connectivity index (χ0) is 44.1. The van der Waals surface area contributed by atoms with Crippen molar-refractivity contribution in [2.75, 3.05) is 0 Å². The Kier molecular flexibility index (Phi) is 30.4. The van der Waals surface area contributed by atoms with Gasteiger partial charge in [0, 0.05) is 42.3 Å². The average Bonchev–Trinajstić information content (AvgIpc) is 3.32. The van der Waals surface area contributed by atoms with E-state index in [9.17, 15) is 19.5 Å². The molecule has 8 aromatic carbocycles. The van der Waals surface area contributed by atoms with Gasteiger partial charge < -0.3 is 22.1 Å². The van der Waals surface area contributed by atoms with Crippen molar-refractivity contribution in [2.45, 2.75) is 6.10 Å². The zero-order valence-corrected chi connectivity index (χ0v) is 40.4. The third kappa shape index (κ3) is 24.2. The van der Waals surface area contributed by atoms with Crippen LogP contribution in [-0.2, 0) is 0 Å². The summed E-state index contributed by atoms with van der Waals surface area (Å²) in [6, 6.07) is 70.5. The van der Waals surface area contributed by atoms with Crippen LogP contribution in [0.5, 0.6) is 0 Å². The van der Waals surface area contributed by atoms with Crippen LogP contribution in [0.15, 0.2) is 224 Å². The van der Waals surface area contributed by atoms with Crippen molar-refractivity contribution in [2.24, 2.45) is 0 Å². The van der Waals surface area contributed by atoms with Crippen molar-refractivity contribution < 1.29 is 36.5 Å². The maximum atomic E-state index is 11.9. The van der Waals surface area contributed by atoms with E-state index in [1.54, 1.807) is 97.1 Å². The van der Waals surface area contributed by atoms with Gasteiger partial charge in [0.25, 0.3) is 5.24 Å². The number of aldehydes is 1. The fourth-order valence-corrected chi connectivity index (χ4v) is 5.31. The summed E-state index contributed by atoms with van der Waals surface area (Å²) in [6.45, 7) is 0. The van der Waals surface area contributed by atoms with Gasteiger partial charge in [-0.1, -0.05) is 168 Å². The van der Waals surface area contributed by atoms with E-state index in [4.69, 9.17) is 58.0 Å². The Labute approximate surface area is 421 Å². The number of carbonyl (C=O) groups is 3. The molecule has 1 N–H and O–H groups in total. The van der Waals surface area contributed by atoms with Crippen LogP contribution in [0.2, 0.25) is 20.1 Å². The summed E-state index contributed by atoms with van der Waals surface area (Å²) < 4.78 is 0. The minimum Gasteiger partial charge on any atom is -1.00 e. The van der Waals surface area contributed by atoms with Gasteiger partial charge in [-0.2, -0.15) is 36.4 Å². The van der Waals surface area contributed by atoms with Crippen LogP contribution in [0.3, 0.4) is 0 Å². The molecule has 1 unspecified atom stereocenters. The first kappa shape index (κ1) is 56.4. The quantitative estimate of drug-likeness (QED) is 0.0592. The van der Waals surface area contributed by atoms with Crippen molar-refractivity contribution >= 4 is 98.4 Å². The number of ketones is 1. The van der Waals surface area contributed by atoms with Crippen LogP contribution >= 0.6 is 58.0 Å². The maximum absolute atomic E-state index is 11.9. The van der Waals surface area contributed by atoms with Crippen molar-refractivity contribution in [3.8, 4) is 0 Å². The number of aliphatic hydroxyl groups excluding tert-OH is 1. The normalized spacial score (nSPS) is 9.62. The molecular formula is C52H40BrCl5MgO4. The number of halogens is 6. The predicted octanol–water partition coefficient (Wildman–Crippen LogP) is 11.7. The first-order chi connectivity index (χ1) is 29.6. The molecule has 0 aliphatic heterocycles. The minimum absolute atomic E-state index is 0. The monoisotopic (exact) mass is 1010 g/mol. The number of benzene rings is 8. The van der Waals surface area contributed by atoms with E-state index < -0.39 is 11.3 Å². The molecule has 316 valence electrons. The summed E-state index contributed by atoms with van der Waals surface area (Å²) in [7, 11) is 0. The van der Waals surface area contributed by atoms with Gasteiger partial charge in [0.1, 0.15) is 12.4 Å². The predicted molar refractivity (Wildman–Crippen MR) is 259 cm³/mol. The van der Waals surface area contributed by atoms with E-state index in [0.29, 0.717) is 42.3 Å². The molecule has 11 heteroatoms. The maximum Gasteiger partial charge on any atom is 2.00 e. The van der Waals surface area contributed by atoms with Crippen LogP contribution in [0, 0.1) is 6.07 Å². The van der Waals surface area contributed by atoms with Crippen LogP contribution in [0.1, 0.15) is 53.9 Å². The molecule has 63 heavy (non-hydrogen) atoms. The second kappa shape index (κ2) is 33.9. The van der Waals surface area contributed by atoms with Crippen LogP contribution in [0.4, 0.5) is 0 Å². The Morgan fingerprint density at radius 2 is 0.762 bits per heavy atom. The van der Waals surface area contributed by atoms with Gasteiger partial charge in [-0.05, 0) is 95.5 Å². The number of carbonyl (C=O) groups excluding carboxylic acids is 3. The van der Waals surface area contributed by atoms with E-state index in [-0.39, 0.29) is 45.8 Å². The third-order valence-electron chi connectivity index (χ3n) is 7.79. The molecule has 0 spiro atoms. The average molecular weight is 1010 g/mol. The van der Waals surface area contributed by atoms with Gasteiger partial charge in [-0.3, -0.25) is 14.4 Å². The van der Waals surface area contributed by atoms with E-state index in [1.165, 1.54) is 0 Å². The molecule has 0 saturated carbocycles. The molecule has 0 radical (unpaired) electrons. The number of rotatable bonds is 6. The standard InChI is InChI=1S/C13H11ClO.C13H9ClO.C7H4Cl2O.C7H5ClO.C6H6.C6H5.BrH.Mg/c2*14-12-8-6-11(7-9-12)13(15)10-4-2-1-3-5-10;8-6-3-1-5(2-4-6)7(9)10;8-7-3-1-6(5-9)2-4-7;2*1-2-4-6-5-3-1;;/h1-9,13,15H;1-9H;1-4H;1-5H;1-6H;1-5H;1H;/q;;;;;-1;;+2/p-1. The van der Waals surface area contributed by atoms with E-state index in [0.717, 1.165) is 17.4 Å². The molecular weight excluding hydrogens is 970 g/mol. The Morgan fingerprint density at radius 1 is 0.444 bits per heavy atom. The van der Waals surface area contributed by atoms with Gasteiger partial charge in [-0.15, -0.1) is 0 Å². The van der Waals surface area contributed by atoms with Crippen LogP contribution in [0.25, 0.3) is 0 Å². The Bertz CT molecular complexity index is 2310. The summed E-state index contributed by atoms with van der Waals surface area (Å²) in [5, 5.41) is 12.1. The van der Waals surface area contributed by atoms with E-state index in [1.807, 2.05) is 127 Å². The molecule has 0 fully saturated rings. The molecule has 0 aromatic heterocycles. The van der Waals surface area contributed by atoms with Gasteiger partial charge in [0.15, 0.2) is 5.78 Å². The van der Waals surface area contributed by atoms with Crippen molar-refractivity contribution in [3.63, 3.8) is 0 Å². The van der Waals surface area contributed by atoms with Gasteiger partial charge in [0.05, 0.1) is 0 Å². The number of aliphatic hydroxyl groups is 1. The fourth-order valence-electron chi connectivity index (χ4n) is 4.68. The summed E-state index contributed by atoms with van der Waals surface area (Å²) >= 11 is 27.8. The smallest absolute Gasteiger partial charge is 1.00 e. The molecule has 0 heterocycles. The summed E-state index contributed by atoms with van der Waals surface area (Å²) in [5.74, 6) is 0.0206. The molecule has 0 saturated heterocycles. The molecule has 0 aliphatic rings. The topological polar surface area (TPSA) is 71.4 Å². The second-order valence-corrected chi connectivity index (χ2v) is 14.3. The third-order valence-corrected chi connectivity index (χ3v) is 9.02. The molecule has 8 rings (SSSR count). The Morgan fingerprint density at radius 3 is 1.13 bits per heavy atom. The molecule has 4 nitrogen and oxygen atoms in total. The number of hydrogen-bond acceptors (Lipinski definition) is 4. The first-order valence-electron chi connectivity index (χ1n) is 18.5.